The van der Waals surface area contributed by atoms with Crippen molar-refractivity contribution in [3.63, 3.8) is 0 Å². The zero-order valence-corrected chi connectivity index (χ0v) is 10.3. The van der Waals surface area contributed by atoms with Gasteiger partial charge in [0.25, 0.3) is 5.56 Å². The van der Waals surface area contributed by atoms with Gasteiger partial charge in [-0.1, -0.05) is 0 Å². The molecule has 2 heterocycles. The Morgan fingerprint density at radius 3 is 3.11 bits per heavy atom. The average Bonchev–Trinajstić information content (AvgIpc) is 2.39. The van der Waals surface area contributed by atoms with Crippen molar-refractivity contribution >= 4 is 10.8 Å². The molecule has 5 heteroatoms. The number of hydrogen-bond acceptors (Lipinski definition) is 4. The Balaban J connectivity index is 2.33. The van der Waals surface area contributed by atoms with Gasteiger partial charge in [-0.05, 0) is 36.9 Å². The molecule has 0 saturated heterocycles. The second-order valence-electron chi connectivity index (χ2n) is 4.25. The van der Waals surface area contributed by atoms with Crippen molar-refractivity contribution in [3.8, 4) is 0 Å². The number of hydrogen-bond donors (Lipinski definition) is 3. The van der Waals surface area contributed by atoms with Gasteiger partial charge in [-0.15, -0.1) is 0 Å². The molecule has 1 atom stereocenters. The van der Waals surface area contributed by atoms with E-state index in [1.165, 1.54) is 0 Å². The molecule has 5 nitrogen and oxygen atoms in total. The highest BCUT2D eigenvalue weighted by Gasteiger charge is 2.10. The highest BCUT2D eigenvalue weighted by atomic mass is 16.3. The zero-order chi connectivity index (χ0) is 13.0. The van der Waals surface area contributed by atoms with Gasteiger partial charge < -0.3 is 15.4 Å². The summed E-state index contributed by atoms with van der Waals surface area (Å²) < 4.78 is 0. The van der Waals surface area contributed by atoms with Crippen molar-refractivity contribution in [2.24, 2.45) is 0 Å². The molecule has 2 aromatic rings. The summed E-state index contributed by atoms with van der Waals surface area (Å²) in [6.45, 7) is 2.95. The first-order valence-corrected chi connectivity index (χ1v) is 6.03. The lowest BCUT2D eigenvalue weighted by molar-refractivity contribution is 0.284. The second kappa shape index (κ2) is 5.75. The van der Waals surface area contributed by atoms with E-state index in [4.69, 9.17) is 5.11 Å². The topological polar surface area (TPSA) is 78.0 Å². The van der Waals surface area contributed by atoms with Crippen LogP contribution in [0.4, 0.5) is 0 Å². The fourth-order valence-electron chi connectivity index (χ4n) is 1.99. The van der Waals surface area contributed by atoms with E-state index in [-0.39, 0.29) is 18.2 Å². The first-order valence-electron chi connectivity index (χ1n) is 6.03. The third-order valence-electron chi connectivity index (χ3n) is 2.99. The predicted molar refractivity (Wildman–Crippen MR) is 70.5 cm³/mol. The Hall–Kier alpha value is -1.72. The Kier molecular flexibility index (Phi) is 4.07. The number of aromatic amines is 1. The monoisotopic (exact) mass is 247 g/mol. The molecule has 0 unspecified atom stereocenters. The standard InChI is InChI=1S/C13H17N3O2/c1-9(15-4-2-6-17)11-8-16-13(18)12-7-14-5-3-10(11)12/h3,5,7-9,15,17H,2,4,6H2,1H3,(H,16,18)/t9-/m1/s1. The van der Waals surface area contributed by atoms with Crippen molar-refractivity contribution in [1.82, 2.24) is 15.3 Å². The number of pyridine rings is 2. The molecular formula is C13H17N3O2. The average molecular weight is 247 g/mol. The molecule has 0 radical (unpaired) electrons. The Labute approximate surface area is 105 Å². The van der Waals surface area contributed by atoms with E-state index >= 15 is 0 Å². The van der Waals surface area contributed by atoms with Gasteiger partial charge in [-0.2, -0.15) is 0 Å². The predicted octanol–water partition coefficient (Wildman–Crippen LogP) is 0.956. The van der Waals surface area contributed by atoms with Gasteiger partial charge in [-0.3, -0.25) is 9.78 Å². The van der Waals surface area contributed by atoms with Crippen molar-refractivity contribution in [1.29, 1.82) is 0 Å². The van der Waals surface area contributed by atoms with E-state index in [0.717, 1.165) is 17.5 Å². The summed E-state index contributed by atoms with van der Waals surface area (Å²) in [6, 6.07) is 1.96. The van der Waals surface area contributed by atoms with Crippen molar-refractivity contribution in [2.45, 2.75) is 19.4 Å². The molecule has 0 aliphatic rings. The lowest BCUT2D eigenvalue weighted by atomic mass is 10.0. The van der Waals surface area contributed by atoms with Crippen molar-refractivity contribution in [3.05, 3.63) is 40.6 Å². The van der Waals surface area contributed by atoms with E-state index in [1.807, 2.05) is 13.0 Å². The van der Waals surface area contributed by atoms with Crippen LogP contribution in [0.5, 0.6) is 0 Å². The summed E-state index contributed by atoms with van der Waals surface area (Å²) >= 11 is 0. The first-order chi connectivity index (χ1) is 8.74. The molecule has 0 amide bonds. The summed E-state index contributed by atoms with van der Waals surface area (Å²) in [5.74, 6) is 0. The first kappa shape index (κ1) is 12.7. The highest BCUT2D eigenvalue weighted by molar-refractivity contribution is 5.83. The molecule has 0 spiro atoms. The molecular weight excluding hydrogens is 230 g/mol. The van der Waals surface area contributed by atoms with E-state index in [9.17, 15) is 4.79 Å². The summed E-state index contributed by atoms with van der Waals surface area (Å²) in [5, 5.41) is 13.6. The molecule has 0 fully saturated rings. The molecule has 0 aliphatic carbocycles. The Morgan fingerprint density at radius 2 is 2.33 bits per heavy atom. The number of aliphatic hydroxyl groups excluding tert-OH is 1. The Bertz CT molecular complexity index is 580. The fraction of sp³-hybridized carbons (Fsp3) is 0.385. The summed E-state index contributed by atoms with van der Waals surface area (Å²) in [7, 11) is 0. The molecule has 96 valence electrons. The van der Waals surface area contributed by atoms with Crippen molar-refractivity contribution in [2.75, 3.05) is 13.2 Å². The minimum atomic E-state index is -0.121. The van der Waals surface area contributed by atoms with Gasteiger partial charge in [0.15, 0.2) is 0 Å². The number of aliphatic hydroxyl groups is 1. The van der Waals surface area contributed by atoms with Crippen LogP contribution < -0.4 is 10.9 Å². The summed E-state index contributed by atoms with van der Waals surface area (Å²) in [4.78, 5) is 18.4. The minimum Gasteiger partial charge on any atom is -0.396 e. The zero-order valence-electron chi connectivity index (χ0n) is 10.3. The quantitative estimate of drug-likeness (QED) is 0.688. The molecule has 0 bridgehead atoms. The SMILES string of the molecule is C[C@@H](NCCCO)c1c[nH]c(=O)c2cnccc12. The lowest BCUT2D eigenvalue weighted by Gasteiger charge is -2.15. The lowest BCUT2D eigenvalue weighted by Crippen LogP contribution is -2.22. The number of aromatic nitrogens is 2. The van der Waals surface area contributed by atoms with Crippen molar-refractivity contribution < 1.29 is 5.11 Å². The molecule has 2 rings (SSSR count). The van der Waals surface area contributed by atoms with E-state index in [2.05, 4.69) is 15.3 Å². The van der Waals surface area contributed by atoms with Gasteiger partial charge >= 0.3 is 0 Å². The molecule has 0 aromatic carbocycles. The third-order valence-corrected chi connectivity index (χ3v) is 2.99. The van der Waals surface area contributed by atoms with Gasteiger partial charge in [0.2, 0.25) is 0 Å². The largest absolute Gasteiger partial charge is 0.396 e. The van der Waals surface area contributed by atoms with Gasteiger partial charge in [0, 0.05) is 31.2 Å². The van der Waals surface area contributed by atoms with Crippen LogP contribution in [0.15, 0.2) is 29.5 Å². The van der Waals surface area contributed by atoms with E-state index < -0.39 is 0 Å². The van der Waals surface area contributed by atoms with E-state index in [0.29, 0.717) is 11.8 Å². The minimum absolute atomic E-state index is 0.110. The maximum Gasteiger partial charge on any atom is 0.257 e. The van der Waals surface area contributed by atoms with Gasteiger partial charge in [0.05, 0.1) is 5.39 Å². The maximum atomic E-state index is 11.7. The number of nitrogens with zero attached hydrogens (tertiary/aromatic N) is 1. The molecule has 0 aliphatic heterocycles. The number of nitrogens with one attached hydrogen (secondary N) is 2. The van der Waals surface area contributed by atoms with Gasteiger partial charge in [-0.25, -0.2) is 0 Å². The molecule has 2 aromatic heterocycles. The van der Waals surface area contributed by atoms with Gasteiger partial charge in [0.1, 0.15) is 0 Å². The maximum absolute atomic E-state index is 11.7. The summed E-state index contributed by atoms with van der Waals surface area (Å²) in [6.07, 6.45) is 5.72. The third kappa shape index (κ3) is 2.57. The number of H-pyrrole nitrogens is 1. The van der Waals surface area contributed by atoms with Crippen LogP contribution in [-0.2, 0) is 0 Å². The summed E-state index contributed by atoms with van der Waals surface area (Å²) in [5.41, 5.74) is 0.911. The molecule has 3 N–H and O–H groups in total. The molecule has 18 heavy (non-hydrogen) atoms. The Morgan fingerprint density at radius 1 is 1.50 bits per heavy atom. The normalized spacial score (nSPS) is 12.8. The second-order valence-corrected chi connectivity index (χ2v) is 4.25. The van der Waals surface area contributed by atoms with Crippen LogP contribution in [-0.4, -0.2) is 28.2 Å². The molecule has 0 saturated carbocycles. The van der Waals surface area contributed by atoms with Crippen LogP contribution in [0, 0.1) is 0 Å². The smallest absolute Gasteiger partial charge is 0.257 e. The van der Waals surface area contributed by atoms with Crippen LogP contribution >= 0.6 is 0 Å². The number of fused-ring (bicyclic) bond motifs is 1. The van der Waals surface area contributed by atoms with Crippen LogP contribution in [0.25, 0.3) is 10.8 Å². The van der Waals surface area contributed by atoms with Crippen LogP contribution in [0.3, 0.4) is 0 Å². The highest BCUT2D eigenvalue weighted by Crippen LogP contribution is 2.19. The van der Waals surface area contributed by atoms with Crippen LogP contribution in [0.2, 0.25) is 0 Å². The fourth-order valence-corrected chi connectivity index (χ4v) is 1.99. The number of rotatable bonds is 5. The van der Waals surface area contributed by atoms with Crippen LogP contribution in [0.1, 0.15) is 24.9 Å². The van der Waals surface area contributed by atoms with E-state index in [1.54, 1.807) is 18.6 Å².